The minimum absolute atomic E-state index is 0.677. The second-order valence-corrected chi connectivity index (χ2v) is 8.00. The Morgan fingerprint density at radius 3 is 2.23 bits per heavy atom. The molecule has 5 nitrogen and oxygen atoms in total. The molecular formula is C25H31N5. The SMILES string of the molecule is c1ccc(Cc2nc(-c3ccccc3)nnc2NCCCN2CCCCCC2)cc1. The second-order valence-electron chi connectivity index (χ2n) is 8.00. The van der Waals surface area contributed by atoms with Crippen molar-refractivity contribution in [3.8, 4) is 11.4 Å². The van der Waals surface area contributed by atoms with Crippen LogP contribution in [-0.2, 0) is 6.42 Å². The van der Waals surface area contributed by atoms with Crippen molar-refractivity contribution in [3.63, 3.8) is 0 Å². The first-order chi connectivity index (χ1) is 14.9. The topological polar surface area (TPSA) is 53.9 Å². The van der Waals surface area contributed by atoms with Crippen LogP contribution in [0.25, 0.3) is 11.4 Å². The van der Waals surface area contributed by atoms with Crippen LogP contribution >= 0.6 is 0 Å². The first kappa shape index (κ1) is 20.5. The van der Waals surface area contributed by atoms with E-state index in [9.17, 15) is 0 Å². The van der Waals surface area contributed by atoms with Gasteiger partial charge in [0.05, 0.1) is 5.69 Å². The molecule has 156 valence electrons. The molecule has 1 fully saturated rings. The van der Waals surface area contributed by atoms with E-state index < -0.39 is 0 Å². The fraction of sp³-hybridized carbons (Fsp3) is 0.400. The molecule has 1 aliphatic rings. The molecule has 2 aromatic carbocycles. The predicted molar refractivity (Wildman–Crippen MR) is 123 cm³/mol. The number of benzene rings is 2. The maximum atomic E-state index is 4.87. The lowest BCUT2D eigenvalue weighted by molar-refractivity contribution is 0.284. The molecule has 2 heterocycles. The van der Waals surface area contributed by atoms with Gasteiger partial charge < -0.3 is 10.2 Å². The van der Waals surface area contributed by atoms with E-state index in [1.807, 2.05) is 36.4 Å². The van der Waals surface area contributed by atoms with Gasteiger partial charge in [-0.25, -0.2) is 4.98 Å². The Bertz CT molecular complexity index is 890. The predicted octanol–water partition coefficient (Wildman–Crippen LogP) is 4.81. The summed E-state index contributed by atoms with van der Waals surface area (Å²) in [6.45, 7) is 4.52. The molecule has 0 atom stereocenters. The summed E-state index contributed by atoms with van der Waals surface area (Å²) in [6, 6.07) is 20.5. The fourth-order valence-corrected chi connectivity index (χ4v) is 3.99. The van der Waals surface area contributed by atoms with Crippen molar-refractivity contribution in [3.05, 3.63) is 71.9 Å². The second kappa shape index (κ2) is 10.8. The Morgan fingerprint density at radius 1 is 0.800 bits per heavy atom. The zero-order chi connectivity index (χ0) is 20.4. The van der Waals surface area contributed by atoms with E-state index in [1.165, 1.54) is 44.3 Å². The lowest BCUT2D eigenvalue weighted by Gasteiger charge is -2.19. The van der Waals surface area contributed by atoms with Crippen LogP contribution in [0.5, 0.6) is 0 Å². The van der Waals surface area contributed by atoms with Crippen molar-refractivity contribution in [1.29, 1.82) is 0 Å². The number of anilines is 1. The van der Waals surface area contributed by atoms with Gasteiger partial charge in [-0.2, -0.15) is 0 Å². The molecule has 0 bridgehead atoms. The van der Waals surface area contributed by atoms with Gasteiger partial charge in [0.15, 0.2) is 11.6 Å². The van der Waals surface area contributed by atoms with E-state index in [4.69, 9.17) is 4.98 Å². The highest BCUT2D eigenvalue weighted by atomic mass is 15.2. The van der Waals surface area contributed by atoms with Gasteiger partial charge in [0.2, 0.25) is 0 Å². The zero-order valence-corrected chi connectivity index (χ0v) is 17.6. The van der Waals surface area contributed by atoms with E-state index in [0.717, 1.165) is 43.0 Å². The largest absolute Gasteiger partial charge is 0.367 e. The number of rotatable bonds is 8. The summed E-state index contributed by atoms with van der Waals surface area (Å²) in [5, 5.41) is 12.4. The van der Waals surface area contributed by atoms with Crippen molar-refractivity contribution < 1.29 is 0 Å². The third-order valence-corrected chi connectivity index (χ3v) is 5.65. The van der Waals surface area contributed by atoms with Crippen molar-refractivity contribution in [2.75, 3.05) is 31.5 Å². The van der Waals surface area contributed by atoms with E-state index in [2.05, 4.69) is 44.7 Å². The standard InChI is InChI=1S/C25H31N5/c1-2-10-18-30(17-9-1)19-11-16-26-25-23(20-21-12-5-3-6-13-21)27-24(28-29-25)22-14-7-4-8-15-22/h3-8,12-15H,1-2,9-11,16-20H2,(H,26,29). The quantitative estimate of drug-likeness (QED) is 0.549. The molecule has 0 aliphatic carbocycles. The minimum Gasteiger partial charge on any atom is -0.367 e. The molecule has 0 unspecified atom stereocenters. The van der Waals surface area contributed by atoms with Crippen LogP contribution in [-0.4, -0.2) is 46.3 Å². The lowest BCUT2D eigenvalue weighted by atomic mass is 10.1. The van der Waals surface area contributed by atoms with Gasteiger partial charge in [0, 0.05) is 18.5 Å². The first-order valence-electron chi connectivity index (χ1n) is 11.2. The Balaban J connectivity index is 1.44. The Kier molecular flexibility index (Phi) is 7.40. The Labute approximate surface area is 179 Å². The summed E-state index contributed by atoms with van der Waals surface area (Å²) in [5.41, 5.74) is 3.17. The Hall–Kier alpha value is -2.79. The molecule has 0 radical (unpaired) electrons. The first-order valence-corrected chi connectivity index (χ1v) is 11.2. The average molecular weight is 402 g/mol. The highest BCUT2D eigenvalue weighted by Crippen LogP contribution is 2.19. The number of hydrogen-bond donors (Lipinski definition) is 1. The summed E-state index contributed by atoms with van der Waals surface area (Å²) < 4.78 is 0. The molecule has 1 aromatic heterocycles. The average Bonchev–Trinajstić information content (AvgIpc) is 3.08. The van der Waals surface area contributed by atoms with Crippen molar-refractivity contribution in [2.45, 2.75) is 38.5 Å². The normalized spacial score (nSPS) is 14.9. The summed E-state index contributed by atoms with van der Waals surface area (Å²) in [6.07, 6.45) is 7.28. The van der Waals surface area contributed by atoms with Gasteiger partial charge in [-0.05, 0) is 44.5 Å². The Morgan fingerprint density at radius 2 is 1.50 bits per heavy atom. The number of likely N-dealkylation sites (tertiary alicyclic amines) is 1. The molecule has 3 aromatic rings. The lowest BCUT2D eigenvalue weighted by Crippen LogP contribution is -2.27. The third kappa shape index (κ3) is 5.86. The van der Waals surface area contributed by atoms with Gasteiger partial charge in [0.25, 0.3) is 0 Å². The van der Waals surface area contributed by atoms with E-state index >= 15 is 0 Å². The molecule has 1 saturated heterocycles. The smallest absolute Gasteiger partial charge is 0.182 e. The van der Waals surface area contributed by atoms with Crippen LogP contribution in [0.2, 0.25) is 0 Å². The summed E-state index contributed by atoms with van der Waals surface area (Å²) in [7, 11) is 0. The van der Waals surface area contributed by atoms with Crippen LogP contribution in [0, 0.1) is 0 Å². The van der Waals surface area contributed by atoms with Gasteiger partial charge in [-0.3, -0.25) is 0 Å². The zero-order valence-electron chi connectivity index (χ0n) is 17.6. The molecule has 1 N–H and O–H groups in total. The van der Waals surface area contributed by atoms with Crippen molar-refractivity contribution in [2.24, 2.45) is 0 Å². The monoisotopic (exact) mass is 401 g/mol. The van der Waals surface area contributed by atoms with Gasteiger partial charge in [0.1, 0.15) is 0 Å². The molecule has 0 amide bonds. The molecular weight excluding hydrogens is 370 g/mol. The molecule has 1 aliphatic heterocycles. The summed E-state index contributed by atoms with van der Waals surface area (Å²) >= 11 is 0. The van der Waals surface area contributed by atoms with Crippen LogP contribution in [0.15, 0.2) is 60.7 Å². The molecule has 0 saturated carbocycles. The number of hydrogen-bond acceptors (Lipinski definition) is 5. The molecule has 4 rings (SSSR count). The van der Waals surface area contributed by atoms with E-state index in [-0.39, 0.29) is 0 Å². The maximum Gasteiger partial charge on any atom is 0.182 e. The molecule has 30 heavy (non-hydrogen) atoms. The summed E-state index contributed by atoms with van der Waals surface area (Å²) in [5.74, 6) is 1.48. The van der Waals surface area contributed by atoms with Crippen LogP contribution in [0.1, 0.15) is 43.4 Å². The van der Waals surface area contributed by atoms with Crippen LogP contribution < -0.4 is 5.32 Å². The van der Waals surface area contributed by atoms with Crippen LogP contribution in [0.3, 0.4) is 0 Å². The number of nitrogens with zero attached hydrogens (tertiary/aromatic N) is 4. The summed E-state index contributed by atoms with van der Waals surface area (Å²) in [4.78, 5) is 7.47. The highest BCUT2D eigenvalue weighted by molar-refractivity contribution is 5.56. The minimum atomic E-state index is 0.677. The van der Waals surface area contributed by atoms with E-state index in [0.29, 0.717) is 5.82 Å². The van der Waals surface area contributed by atoms with E-state index in [1.54, 1.807) is 0 Å². The molecule has 5 heteroatoms. The van der Waals surface area contributed by atoms with Gasteiger partial charge in [-0.15, -0.1) is 10.2 Å². The maximum absolute atomic E-state index is 4.87. The number of nitrogens with one attached hydrogen (secondary N) is 1. The fourth-order valence-electron chi connectivity index (χ4n) is 3.99. The highest BCUT2D eigenvalue weighted by Gasteiger charge is 2.12. The van der Waals surface area contributed by atoms with Gasteiger partial charge >= 0.3 is 0 Å². The third-order valence-electron chi connectivity index (χ3n) is 5.65. The van der Waals surface area contributed by atoms with Gasteiger partial charge in [-0.1, -0.05) is 73.5 Å². The number of aromatic nitrogens is 3. The molecule has 0 spiro atoms. The van der Waals surface area contributed by atoms with Crippen molar-refractivity contribution >= 4 is 5.82 Å². The van der Waals surface area contributed by atoms with Crippen LogP contribution in [0.4, 0.5) is 5.82 Å². The van der Waals surface area contributed by atoms with Crippen molar-refractivity contribution in [1.82, 2.24) is 20.1 Å².